The van der Waals surface area contributed by atoms with Crippen molar-refractivity contribution in [3.8, 4) is 6.07 Å². The fourth-order valence-corrected chi connectivity index (χ4v) is 2.91. The Morgan fingerprint density at radius 2 is 2.30 bits per heavy atom. The Bertz CT molecular complexity index is 651. The van der Waals surface area contributed by atoms with Gasteiger partial charge in [-0.2, -0.15) is 5.26 Å². The highest BCUT2D eigenvalue weighted by Crippen LogP contribution is 2.28. The molecule has 0 radical (unpaired) electrons. The lowest BCUT2D eigenvalue weighted by Gasteiger charge is -2.08. The fraction of sp³-hybridized carbons (Fsp3) is 0.375. The number of hydrogen-bond acceptors (Lipinski definition) is 3. The molecule has 2 aromatic rings. The Morgan fingerprint density at radius 1 is 1.40 bits per heavy atom. The third-order valence-electron chi connectivity index (χ3n) is 3.96. The molecule has 0 amide bonds. The SMILES string of the molecule is N#Cc1ncccc1Cn1cc2c(c1)C(N)CCCC2. The van der Waals surface area contributed by atoms with E-state index >= 15 is 0 Å². The van der Waals surface area contributed by atoms with Crippen LogP contribution in [0.15, 0.2) is 30.7 Å². The molecule has 102 valence electrons. The van der Waals surface area contributed by atoms with Gasteiger partial charge in [-0.05, 0) is 36.5 Å². The first-order valence-electron chi connectivity index (χ1n) is 7.06. The van der Waals surface area contributed by atoms with Crippen LogP contribution in [0.3, 0.4) is 0 Å². The first-order valence-corrected chi connectivity index (χ1v) is 7.06. The zero-order valence-corrected chi connectivity index (χ0v) is 11.4. The molecule has 4 nitrogen and oxygen atoms in total. The summed E-state index contributed by atoms with van der Waals surface area (Å²) in [5.41, 5.74) is 10.3. The molecule has 2 aromatic heterocycles. The summed E-state index contributed by atoms with van der Waals surface area (Å²) in [5.74, 6) is 0. The zero-order valence-electron chi connectivity index (χ0n) is 11.4. The molecule has 2 N–H and O–H groups in total. The summed E-state index contributed by atoms with van der Waals surface area (Å²) < 4.78 is 2.13. The average molecular weight is 266 g/mol. The van der Waals surface area contributed by atoms with Crippen LogP contribution >= 0.6 is 0 Å². The Balaban J connectivity index is 1.89. The second kappa shape index (κ2) is 5.48. The number of hydrogen-bond donors (Lipinski definition) is 1. The first kappa shape index (κ1) is 12.9. The number of rotatable bonds is 2. The van der Waals surface area contributed by atoms with Crippen molar-refractivity contribution in [1.29, 1.82) is 5.26 Å². The van der Waals surface area contributed by atoms with Gasteiger partial charge in [-0.15, -0.1) is 0 Å². The van der Waals surface area contributed by atoms with Crippen LogP contribution < -0.4 is 5.73 Å². The van der Waals surface area contributed by atoms with E-state index in [2.05, 4.69) is 28.0 Å². The Hall–Kier alpha value is -2.12. The second-order valence-corrected chi connectivity index (χ2v) is 5.39. The van der Waals surface area contributed by atoms with Crippen molar-refractivity contribution in [2.24, 2.45) is 5.73 Å². The van der Waals surface area contributed by atoms with Crippen molar-refractivity contribution < 1.29 is 0 Å². The Morgan fingerprint density at radius 3 is 3.15 bits per heavy atom. The monoisotopic (exact) mass is 266 g/mol. The molecule has 0 saturated heterocycles. The fourth-order valence-electron chi connectivity index (χ4n) is 2.91. The molecule has 0 bridgehead atoms. The van der Waals surface area contributed by atoms with Gasteiger partial charge in [0.05, 0.1) is 0 Å². The van der Waals surface area contributed by atoms with Gasteiger partial charge in [0.25, 0.3) is 0 Å². The van der Waals surface area contributed by atoms with Gasteiger partial charge in [0.2, 0.25) is 0 Å². The number of pyridine rings is 1. The van der Waals surface area contributed by atoms with Crippen molar-refractivity contribution in [2.45, 2.75) is 38.3 Å². The third kappa shape index (κ3) is 2.45. The number of nitriles is 1. The van der Waals surface area contributed by atoms with E-state index in [9.17, 15) is 0 Å². The summed E-state index contributed by atoms with van der Waals surface area (Å²) in [5, 5.41) is 9.10. The number of nitrogens with zero attached hydrogens (tertiary/aromatic N) is 3. The average Bonchev–Trinajstić information content (AvgIpc) is 2.79. The van der Waals surface area contributed by atoms with Crippen LogP contribution in [0.5, 0.6) is 0 Å². The van der Waals surface area contributed by atoms with Crippen molar-refractivity contribution in [3.63, 3.8) is 0 Å². The van der Waals surface area contributed by atoms with Gasteiger partial charge in [-0.3, -0.25) is 0 Å². The van der Waals surface area contributed by atoms with Crippen LogP contribution in [0, 0.1) is 11.3 Å². The molecule has 0 saturated carbocycles. The van der Waals surface area contributed by atoms with Crippen LogP contribution in [0.2, 0.25) is 0 Å². The Labute approximate surface area is 118 Å². The van der Waals surface area contributed by atoms with Gasteiger partial charge < -0.3 is 10.3 Å². The smallest absolute Gasteiger partial charge is 0.145 e. The normalized spacial score (nSPS) is 18.1. The number of fused-ring (bicyclic) bond motifs is 1. The molecular formula is C16H18N4. The molecule has 0 aromatic carbocycles. The topological polar surface area (TPSA) is 67.6 Å². The molecule has 0 fully saturated rings. The summed E-state index contributed by atoms with van der Waals surface area (Å²) in [6.45, 7) is 0.677. The van der Waals surface area contributed by atoms with Crippen molar-refractivity contribution in [1.82, 2.24) is 9.55 Å². The van der Waals surface area contributed by atoms with E-state index in [0.29, 0.717) is 12.2 Å². The van der Waals surface area contributed by atoms with E-state index in [4.69, 9.17) is 11.0 Å². The molecule has 3 rings (SSSR count). The summed E-state index contributed by atoms with van der Waals surface area (Å²) in [4.78, 5) is 4.11. The van der Waals surface area contributed by atoms with Crippen LogP contribution in [0.4, 0.5) is 0 Å². The maximum Gasteiger partial charge on any atom is 0.145 e. The predicted molar refractivity (Wildman–Crippen MR) is 77.0 cm³/mol. The summed E-state index contributed by atoms with van der Waals surface area (Å²) in [6.07, 6.45) is 10.6. The van der Waals surface area contributed by atoms with Crippen LogP contribution in [0.25, 0.3) is 0 Å². The minimum atomic E-state index is 0.151. The molecule has 4 heteroatoms. The summed E-state index contributed by atoms with van der Waals surface area (Å²) >= 11 is 0. The lowest BCUT2D eigenvalue weighted by Crippen LogP contribution is -2.09. The minimum Gasteiger partial charge on any atom is -0.349 e. The van der Waals surface area contributed by atoms with Crippen LogP contribution in [-0.2, 0) is 13.0 Å². The molecule has 2 heterocycles. The third-order valence-corrected chi connectivity index (χ3v) is 3.96. The van der Waals surface area contributed by atoms with Crippen molar-refractivity contribution in [3.05, 3.63) is 53.1 Å². The molecule has 1 aliphatic carbocycles. The maximum absolute atomic E-state index is 9.10. The lowest BCUT2D eigenvalue weighted by atomic mass is 10.1. The molecule has 0 spiro atoms. The molecule has 1 aliphatic rings. The summed E-state index contributed by atoms with van der Waals surface area (Å²) in [6, 6.07) is 6.12. The van der Waals surface area contributed by atoms with E-state index < -0.39 is 0 Å². The zero-order chi connectivity index (χ0) is 13.9. The molecule has 1 unspecified atom stereocenters. The standard InChI is InChI=1S/C16H18N4/c17-8-16-13(5-3-7-19-16)10-20-9-12-4-1-2-6-15(18)14(12)11-20/h3,5,7,9,11,15H,1-2,4,6,10,18H2. The maximum atomic E-state index is 9.10. The van der Waals surface area contributed by atoms with Gasteiger partial charge >= 0.3 is 0 Å². The minimum absolute atomic E-state index is 0.151. The predicted octanol–water partition coefficient (Wildman–Crippen LogP) is 2.53. The first-order chi connectivity index (χ1) is 9.78. The van der Waals surface area contributed by atoms with Crippen LogP contribution in [0.1, 0.15) is 47.7 Å². The van der Waals surface area contributed by atoms with Gasteiger partial charge in [0, 0.05) is 36.7 Å². The highest BCUT2D eigenvalue weighted by atomic mass is 14.9. The quantitative estimate of drug-likeness (QED) is 0.849. The Kier molecular flexibility index (Phi) is 3.53. The number of aryl methyl sites for hydroxylation is 1. The van der Waals surface area contributed by atoms with E-state index in [-0.39, 0.29) is 6.04 Å². The second-order valence-electron chi connectivity index (χ2n) is 5.39. The highest BCUT2D eigenvalue weighted by Gasteiger charge is 2.17. The summed E-state index contributed by atoms with van der Waals surface area (Å²) in [7, 11) is 0. The van der Waals surface area contributed by atoms with E-state index in [0.717, 1.165) is 18.4 Å². The van der Waals surface area contributed by atoms with Crippen molar-refractivity contribution >= 4 is 0 Å². The van der Waals surface area contributed by atoms with Gasteiger partial charge in [-0.1, -0.05) is 12.5 Å². The van der Waals surface area contributed by atoms with Gasteiger partial charge in [0.1, 0.15) is 11.8 Å². The molecule has 1 atom stereocenters. The molecular weight excluding hydrogens is 248 g/mol. The van der Waals surface area contributed by atoms with Gasteiger partial charge in [0.15, 0.2) is 0 Å². The molecule has 0 aliphatic heterocycles. The number of aromatic nitrogens is 2. The van der Waals surface area contributed by atoms with E-state index in [1.165, 1.54) is 24.0 Å². The van der Waals surface area contributed by atoms with Crippen LogP contribution in [-0.4, -0.2) is 9.55 Å². The molecule has 20 heavy (non-hydrogen) atoms. The van der Waals surface area contributed by atoms with E-state index in [1.54, 1.807) is 6.20 Å². The van der Waals surface area contributed by atoms with Crippen molar-refractivity contribution in [2.75, 3.05) is 0 Å². The van der Waals surface area contributed by atoms with Gasteiger partial charge in [-0.25, -0.2) is 4.98 Å². The highest BCUT2D eigenvalue weighted by molar-refractivity contribution is 5.33. The van der Waals surface area contributed by atoms with E-state index in [1.807, 2.05) is 12.1 Å². The largest absolute Gasteiger partial charge is 0.349 e. The number of nitrogens with two attached hydrogens (primary N) is 1. The lowest BCUT2D eigenvalue weighted by molar-refractivity contribution is 0.610.